The maximum absolute atomic E-state index is 13.7. The van der Waals surface area contributed by atoms with Crippen LogP contribution >= 0.6 is 0 Å². The van der Waals surface area contributed by atoms with Crippen molar-refractivity contribution in [2.24, 2.45) is 0 Å². The molecule has 1 aliphatic rings. The maximum Gasteiger partial charge on any atom is 0.328 e. The Morgan fingerprint density at radius 1 is 1.56 bits per heavy atom. The lowest BCUT2D eigenvalue weighted by Gasteiger charge is -2.40. The summed E-state index contributed by atoms with van der Waals surface area (Å²) in [6, 6.07) is 4.43. The van der Waals surface area contributed by atoms with Crippen LogP contribution in [0.2, 0.25) is 0 Å². The normalized spacial score (nSPS) is 18.2. The molecule has 18 heavy (non-hydrogen) atoms. The highest BCUT2D eigenvalue weighted by Gasteiger charge is 2.35. The maximum atomic E-state index is 13.7. The number of carbonyl (C=O) groups is 1. The Kier molecular flexibility index (Phi) is 3.69. The molecule has 4 nitrogen and oxygen atoms in total. The van der Waals surface area contributed by atoms with Gasteiger partial charge in [0, 0.05) is 18.3 Å². The summed E-state index contributed by atoms with van der Waals surface area (Å²) in [6.07, 6.45) is 0.738. The molecule has 0 N–H and O–H groups in total. The van der Waals surface area contributed by atoms with E-state index in [0.29, 0.717) is 12.3 Å². The van der Waals surface area contributed by atoms with Crippen molar-refractivity contribution in [3.8, 4) is 5.75 Å². The third kappa shape index (κ3) is 2.25. The molecule has 0 saturated carbocycles. The third-order valence-corrected chi connectivity index (χ3v) is 3.04. The number of ether oxygens (including phenoxy) is 2. The van der Waals surface area contributed by atoms with Gasteiger partial charge in [0.1, 0.15) is 6.04 Å². The minimum absolute atomic E-state index is 0.233. The van der Waals surface area contributed by atoms with Crippen LogP contribution in [0.15, 0.2) is 18.2 Å². The van der Waals surface area contributed by atoms with E-state index in [2.05, 4.69) is 0 Å². The van der Waals surface area contributed by atoms with Gasteiger partial charge in [0.05, 0.1) is 13.7 Å². The van der Waals surface area contributed by atoms with Gasteiger partial charge in [-0.1, -0.05) is 0 Å². The van der Waals surface area contributed by atoms with Gasteiger partial charge in [0.25, 0.3) is 0 Å². The average Bonchev–Trinajstić information content (AvgIpc) is 2.31. The van der Waals surface area contributed by atoms with E-state index in [-0.39, 0.29) is 17.8 Å². The van der Waals surface area contributed by atoms with E-state index >= 15 is 0 Å². The fraction of sp³-hybridized carbons (Fsp3) is 0.462. The molecule has 98 valence electrons. The van der Waals surface area contributed by atoms with Crippen LogP contribution in [0.4, 0.5) is 10.1 Å². The summed E-state index contributed by atoms with van der Waals surface area (Å²) in [4.78, 5) is 13.3. The van der Waals surface area contributed by atoms with Crippen LogP contribution in [-0.2, 0) is 9.53 Å². The molecule has 2 rings (SSSR count). The number of hydrogen-bond donors (Lipinski definition) is 0. The number of halogens is 1. The predicted molar refractivity (Wildman–Crippen MR) is 65.3 cm³/mol. The van der Waals surface area contributed by atoms with Gasteiger partial charge >= 0.3 is 5.97 Å². The van der Waals surface area contributed by atoms with E-state index in [4.69, 9.17) is 9.47 Å². The summed E-state index contributed by atoms with van der Waals surface area (Å²) >= 11 is 0. The van der Waals surface area contributed by atoms with E-state index in [9.17, 15) is 9.18 Å². The molecule has 1 aliphatic heterocycles. The number of rotatable bonds is 4. The Hall–Kier alpha value is -1.78. The number of carbonyl (C=O) groups excluding carboxylic acids is 1. The second-order valence-electron chi connectivity index (χ2n) is 4.07. The molecule has 0 spiro atoms. The van der Waals surface area contributed by atoms with Crippen LogP contribution in [0.5, 0.6) is 5.75 Å². The molecule has 1 saturated heterocycles. The Bertz CT molecular complexity index is 450. The van der Waals surface area contributed by atoms with Crippen LogP contribution in [0, 0.1) is 5.82 Å². The predicted octanol–water partition coefficient (Wildman–Crippen LogP) is 1.98. The summed E-state index contributed by atoms with van der Waals surface area (Å²) in [5.41, 5.74) is 0.678. The molecular weight excluding hydrogens is 237 g/mol. The van der Waals surface area contributed by atoms with Gasteiger partial charge in [-0.15, -0.1) is 0 Å². The lowest BCUT2D eigenvalue weighted by Crippen LogP contribution is -2.53. The number of benzene rings is 1. The lowest BCUT2D eigenvalue weighted by molar-refractivity contribution is -0.143. The van der Waals surface area contributed by atoms with Crippen molar-refractivity contribution in [1.29, 1.82) is 0 Å². The molecular formula is C13H16FNO3. The Balaban J connectivity index is 2.14. The third-order valence-electron chi connectivity index (χ3n) is 3.04. The van der Waals surface area contributed by atoms with Crippen molar-refractivity contribution < 1.29 is 18.7 Å². The molecule has 1 unspecified atom stereocenters. The molecule has 0 aliphatic carbocycles. The SMILES string of the molecule is CCOc1ccc(N2CCC2C(=O)OC)cc1F. The summed E-state index contributed by atoms with van der Waals surface area (Å²) in [5, 5.41) is 0. The molecule has 0 bridgehead atoms. The number of hydrogen-bond acceptors (Lipinski definition) is 4. The quantitative estimate of drug-likeness (QED) is 0.769. The summed E-state index contributed by atoms with van der Waals surface area (Å²) in [6.45, 7) is 2.95. The number of anilines is 1. The van der Waals surface area contributed by atoms with Crippen LogP contribution in [-0.4, -0.2) is 32.3 Å². The van der Waals surface area contributed by atoms with Crippen molar-refractivity contribution in [1.82, 2.24) is 0 Å². The average molecular weight is 253 g/mol. The first-order valence-electron chi connectivity index (χ1n) is 5.94. The van der Waals surface area contributed by atoms with Gasteiger partial charge in [0.15, 0.2) is 11.6 Å². The lowest BCUT2D eigenvalue weighted by atomic mass is 10.0. The van der Waals surface area contributed by atoms with Gasteiger partial charge in [-0.2, -0.15) is 0 Å². The molecule has 0 radical (unpaired) electrons. The fourth-order valence-corrected chi connectivity index (χ4v) is 2.02. The molecule has 1 atom stereocenters. The van der Waals surface area contributed by atoms with Crippen LogP contribution in [0.3, 0.4) is 0 Å². The highest BCUT2D eigenvalue weighted by atomic mass is 19.1. The van der Waals surface area contributed by atoms with Crippen molar-refractivity contribution in [3.05, 3.63) is 24.0 Å². The van der Waals surface area contributed by atoms with Gasteiger partial charge in [0.2, 0.25) is 0 Å². The van der Waals surface area contributed by atoms with E-state index in [1.165, 1.54) is 13.2 Å². The van der Waals surface area contributed by atoms with Gasteiger partial charge in [-0.25, -0.2) is 9.18 Å². The summed E-state index contributed by atoms with van der Waals surface area (Å²) < 4.78 is 23.5. The fourth-order valence-electron chi connectivity index (χ4n) is 2.02. The highest BCUT2D eigenvalue weighted by molar-refractivity contribution is 5.82. The standard InChI is InChI=1S/C13H16FNO3/c1-3-18-12-5-4-9(8-10(12)14)15-7-6-11(15)13(16)17-2/h4-5,8,11H,3,6-7H2,1-2H3. The minimum Gasteiger partial charge on any atom is -0.491 e. The zero-order valence-electron chi connectivity index (χ0n) is 10.5. The zero-order valence-corrected chi connectivity index (χ0v) is 10.5. The molecule has 0 amide bonds. The topological polar surface area (TPSA) is 38.8 Å². The van der Waals surface area contributed by atoms with Crippen molar-refractivity contribution >= 4 is 11.7 Å². The first-order chi connectivity index (χ1) is 8.67. The second kappa shape index (κ2) is 5.25. The van der Waals surface area contributed by atoms with E-state index < -0.39 is 5.82 Å². The second-order valence-corrected chi connectivity index (χ2v) is 4.07. The van der Waals surface area contributed by atoms with Crippen molar-refractivity contribution in [2.75, 3.05) is 25.2 Å². The molecule has 1 aromatic carbocycles. The van der Waals surface area contributed by atoms with Crippen LogP contribution in [0.1, 0.15) is 13.3 Å². The van der Waals surface area contributed by atoms with E-state index in [1.54, 1.807) is 19.1 Å². The van der Waals surface area contributed by atoms with Crippen molar-refractivity contribution in [2.45, 2.75) is 19.4 Å². The van der Waals surface area contributed by atoms with Crippen molar-refractivity contribution in [3.63, 3.8) is 0 Å². The number of methoxy groups -OCH3 is 1. The molecule has 1 fully saturated rings. The van der Waals surface area contributed by atoms with Crippen LogP contribution < -0.4 is 9.64 Å². The van der Waals surface area contributed by atoms with E-state index in [1.807, 2.05) is 4.90 Å². The summed E-state index contributed by atoms with van der Waals surface area (Å²) in [5.74, 6) is -0.461. The molecule has 1 aromatic rings. The van der Waals surface area contributed by atoms with E-state index in [0.717, 1.165) is 13.0 Å². The Morgan fingerprint density at radius 2 is 2.33 bits per heavy atom. The highest BCUT2D eigenvalue weighted by Crippen LogP contribution is 2.30. The van der Waals surface area contributed by atoms with Gasteiger partial charge in [-0.05, 0) is 25.5 Å². The Labute approximate surface area is 105 Å². The zero-order chi connectivity index (χ0) is 13.1. The smallest absolute Gasteiger partial charge is 0.328 e. The summed E-state index contributed by atoms with van der Waals surface area (Å²) in [7, 11) is 1.36. The number of nitrogens with zero attached hydrogens (tertiary/aromatic N) is 1. The first kappa shape index (κ1) is 12.7. The van der Waals surface area contributed by atoms with Gasteiger partial charge in [-0.3, -0.25) is 0 Å². The minimum atomic E-state index is -0.412. The van der Waals surface area contributed by atoms with Crippen LogP contribution in [0.25, 0.3) is 0 Å². The largest absolute Gasteiger partial charge is 0.491 e. The molecule has 0 aromatic heterocycles. The number of esters is 1. The van der Waals surface area contributed by atoms with Gasteiger partial charge < -0.3 is 14.4 Å². The molecule has 5 heteroatoms. The first-order valence-corrected chi connectivity index (χ1v) is 5.94. The monoisotopic (exact) mass is 253 g/mol. The Morgan fingerprint density at radius 3 is 2.83 bits per heavy atom. The molecule has 1 heterocycles.